The molecule has 0 radical (unpaired) electrons. The summed E-state index contributed by atoms with van der Waals surface area (Å²) in [7, 11) is 0. The number of hydrazine groups is 1. The van der Waals surface area contributed by atoms with Crippen LogP contribution in [0.4, 0.5) is 4.39 Å². The molecule has 1 aliphatic heterocycles. The lowest BCUT2D eigenvalue weighted by atomic mass is 9.83. The number of benzene rings is 1. The van der Waals surface area contributed by atoms with Gasteiger partial charge >= 0.3 is 0 Å². The predicted octanol–water partition coefficient (Wildman–Crippen LogP) is 2.44. The molecule has 2 rings (SSSR count). The summed E-state index contributed by atoms with van der Waals surface area (Å²) < 4.78 is 25.0. The first-order valence-corrected chi connectivity index (χ1v) is 7.61. The van der Waals surface area contributed by atoms with Crippen LogP contribution in [-0.2, 0) is 15.9 Å². The lowest BCUT2D eigenvalue weighted by Crippen LogP contribution is -2.58. The van der Waals surface area contributed by atoms with Crippen LogP contribution in [-0.4, -0.2) is 31.5 Å². The average molecular weight is 317 g/mol. The quantitative estimate of drug-likeness (QED) is 0.625. The number of hydrogen-bond acceptors (Lipinski definition) is 4. The van der Waals surface area contributed by atoms with Crippen molar-refractivity contribution in [2.24, 2.45) is 5.84 Å². The molecular weight excluding hydrogens is 295 g/mol. The third-order valence-corrected chi connectivity index (χ3v) is 4.34. The molecule has 1 heterocycles. The van der Waals surface area contributed by atoms with Gasteiger partial charge in [0.2, 0.25) is 0 Å². The highest BCUT2D eigenvalue weighted by molar-refractivity contribution is 6.30. The van der Waals surface area contributed by atoms with E-state index < -0.39 is 5.82 Å². The molecule has 0 aliphatic carbocycles. The molecule has 4 nitrogen and oxygen atoms in total. The van der Waals surface area contributed by atoms with Crippen molar-refractivity contribution in [2.75, 3.05) is 19.8 Å². The van der Waals surface area contributed by atoms with E-state index >= 15 is 0 Å². The monoisotopic (exact) mass is 316 g/mol. The standard InChI is InChI=1S/C15H22ClFN2O2/c1-2-21-15(5-7-20-8-6-15)14(19-18)10-11-3-4-12(16)13(17)9-11/h3-4,9,14,19H,2,5-8,10,18H2,1H3. The molecule has 0 bridgehead atoms. The van der Waals surface area contributed by atoms with Crippen molar-refractivity contribution in [3.05, 3.63) is 34.6 Å². The molecule has 6 heteroatoms. The van der Waals surface area contributed by atoms with Gasteiger partial charge in [0, 0.05) is 32.7 Å². The SMILES string of the molecule is CCOC1(C(Cc2ccc(Cl)c(F)c2)NN)CCOCC1. The summed E-state index contributed by atoms with van der Waals surface area (Å²) in [4.78, 5) is 0. The molecule has 1 unspecified atom stereocenters. The second kappa shape index (κ2) is 7.51. The normalized spacial score (nSPS) is 19.4. The Labute approximate surface area is 129 Å². The van der Waals surface area contributed by atoms with Crippen LogP contribution in [0.25, 0.3) is 0 Å². The van der Waals surface area contributed by atoms with E-state index in [0.29, 0.717) is 26.2 Å². The van der Waals surface area contributed by atoms with Crippen LogP contribution >= 0.6 is 11.6 Å². The molecule has 1 atom stereocenters. The molecule has 1 saturated heterocycles. The van der Waals surface area contributed by atoms with Crippen molar-refractivity contribution in [2.45, 2.75) is 37.8 Å². The molecule has 1 fully saturated rings. The fourth-order valence-electron chi connectivity index (χ4n) is 2.90. The van der Waals surface area contributed by atoms with Crippen molar-refractivity contribution < 1.29 is 13.9 Å². The van der Waals surface area contributed by atoms with Gasteiger partial charge in [-0.1, -0.05) is 17.7 Å². The maximum absolute atomic E-state index is 13.6. The van der Waals surface area contributed by atoms with Gasteiger partial charge in [0.05, 0.1) is 16.7 Å². The van der Waals surface area contributed by atoms with Crippen LogP contribution in [0.3, 0.4) is 0 Å². The van der Waals surface area contributed by atoms with Gasteiger partial charge in [-0.25, -0.2) is 4.39 Å². The Morgan fingerprint density at radius 2 is 2.19 bits per heavy atom. The van der Waals surface area contributed by atoms with Gasteiger partial charge in [-0.05, 0) is 31.0 Å². The van der Waals surface area contributed by atoms with E-state index in [1.54, 1.807) is 6.07 Å². The zero-order chi connectivity index (χ0) is 15.3. The fourth-order valence-corrected chi connectivity index (χ4v) is 3.01. The maximum atomic E-state index is 13.6. The number of halogens is 2. The molecule has 0 saturated carbocycles. The van der Waals surface area contributed by atoms with Gasteiger partial charge < -0.3 is 9.47 Å². The van der Waals surface area contributed by atoms with Crippen molar-refractivity contribution in [1.29, 1.82) is 0 Å². The Balaban J connectivity index is 2.17. The van der Waals surface area contributed by atoms with Crippen molar-refractivity contribution in [3.63, 3.8) is 0 Å². The van der Waals surface area contributed by atoms with Gasteiger partial charge in [-0.3, -0.25) is 11.3 Å². The summed E-state index contributed by atoms with van der Waals surface area (Å²) in [5.74, 6) is 5.33. The number of nitrogens with two attached hydrogens (primary N) is 1. The third-order valence-electron chi connectivity index (χ3n) is 4.03. The van der Waals surface area contributed by atoms with E-state index in [4.69, 9.17) is 26.9 Å². The number of hydrogen-bond donors (Lipinski definition) is 2. The minimum absolute atomic E-state index is 0.109. The first-order chi connectivity index (χ1) is 10.1. The fraction of sp³-hybridized carbons (Fsp3) is 0.600. The Morgan fingerprint density at radius 3 is 2.76 bits per heavy atom. The zero-order valence-corrected chi connectivity index (χ0v) is 13.0. The van der Waals surface area contributed by atoms with E-state index in [9.17, 15) is 4.39 Å². The molecule has 1 aliphatic rings. The van der Waals surface area contributed by atoms with Gasteiger partial charge in [-0.15, -0.1) is 0 Å². The number of ether oxygens (including phenoxy) is 2. The Kier molecular flexibility index (Phi) is 5.96. The molecule has 1 aromatic carbocycles. The van der Waals surface area contributed by atoms with Crippen LogP contribution < -0.4 is 11.3 Å². The van der Waals surface area contributed by atoms with E-state index in [0.717, 1.165) is 18.4 Å². The van der Waals surface area contributed by atoms with Crippen LogP contribution in [0.5, 0.6) is 0 Å². The minimum Gasteiger partial charge on any atom is -0.381 e. The Hall–Kier alpha value is -0.720. The van der Waals surface area contributed by atoms with Gasteiger partial charge in [0.1, 0.15) is 5.82 Å². The van der Waals surface area contributed by atoms with E-state index in [2.05, 4.69) is 5.43 Å². The molecule has 0 spiro atoms. The lowest BCUT2D eigenvalue weighted by molar-refractivity contribution is -0.126. The topological polar surface area (TPSA) is 56.5 Å². The molecule has 21 heavy (non-hydrogen) atoms. The van der Waals surface area contributed by atoms with Crippen LogP contribution in [0.2, 0.25) is 5.02 Å². The first-order valence-electron chi connectivity index (χ1n) is 7.23. The summed E-state index contributed by atoms with van der Waals surface area (Å²) in [6.07, 6.45) is 2.11. The average Bonchev–Trinajstić information content (AvgIpc) is 2.49. The number of rotatable bonds is 6. The van der Waals surface area contributed by atoms with E-state index in [1.807, 2.05) is 13.0 Å². The highest BCUT2D eigenvalue weighted by Gasteiger charge is 2.40. The van der Waals surface area contributed by atoms with Crippen molar-refractivity contribution >= 4 is 11.6 Å². The van der Waals surface area contributed by atoms with Crippen molar-refractivity contribution in [3.8, 4) is 0 Å². The smallest absolute Gasteiger partial charge is 0.142 e. The molecule has 118 valence electrons. The number of nitrogens with one attached hydrogen (secondary N) is 1. The second-order valence-corrected chi connectivity index (χ2v) is 5.69. The Bertz CT molecular complexity index is 461. The first kappa shape index (κ1) is 16.6. The van der Waals surface area contributed by atoms with Crippen LogP contribution in [0.1, 0.15) is 25.3 Å². The van der Waals surface area contributed by atoms with E-state index in [-0.39, 0.29) is 16.7 Å². The molecule has 0 amide bonds. The van der Waals surface area contributed by atoms with Crippen LogP contribution in [0.15, 0.2) is 18.2 Å². The minimum atomic E-state index is -0.414. The Morgan fingerprint density at radius 1 is 1.48 bits per heavy atom. The summed E-state index contributed by atoms with van der Waals surface area (Å²) in [5.41, 5.74) is 3.31. The maximum Gasteiger partial charge on any atom is 0.142 e. The van der Waals surface area contributed by atoms with Crippen LogP contribution in [0, 0.1) is 5.82 Å². The van der Waals surface area contributed by atoms with E-state index in [1.165, 1.54) is 6.07 Å². The lowest BCUT2D eigenvalue weighted by Gasteiger charge is -2.42. The molecule has 3 N–H and O–H groups in total. The second-order valence-electron chi connectivity index (χ2n) is 5.28. The highest BCUT2D eigenvalue weighted by Crippen LogP contribution is 2.31. The predicted molar refractivity (Wildman–Crippen MR) is 80.6 cm³/mol. The third kappa shape index (κ3) is 3.93. The largest absolute Gasteiger partial charge is 0.381 e. The highest BCUT2D eigenvalue weighted by atomic mass is 35.5. The van der Waals surface area contributed by atoms with Gasteiger partial charge in [0.25, 0.3) is 0 Å². The zero-order valence-electron chi connectivity index (χ0n) is 12.2. The summed E-state index contributed by atoms with van der Waals surface area (Å²) in [6.45, 7) is 3.86. The van der Waals surface area contributed by atoms with Gasteiger partial charge in [-0.2, -0.15) is 0 Å². The summed E-state index contributed by atoms with van der Waals surface area (Å²) >= 11 is 5.72. The molecular formula is C15H22ClFN2O2. The van der Waals surface area contributed by atoms with Gasteiger partial charge in [0.15, 0.2) is 0 Å². The van der Waals surface area contributed by atoms with Crippen molar-refractivity contribution in [1.82, 2.24) is 5.43 Å². The summed E-state index contributed by atoms with van der Waals surface area (Å²) in [5, 5.41) is 0.126. The summed E-state index contributed by atoms with van der Waals surface area (Å²) in [6, 6.07) is 4.72. The molecule has 1 aromatic rings. The molecule has 0 aromatic heterocycles.